The fourth-order valence-electron chi connectivity index (χ4n) is 2.18. The van der Waals surface area contributed by atoms with Crippen LogP contribution in [0.2, 0.25) is 0 Å². The Kier molecular flexibility index (Phi) is 6.80. The molecule has 1 aromatic carbocycles. The number of morpholine rings is 1. The van der Waals surface area contributed by atoms with E-state index < -0.39 is 9.84 Å². The fraction of sp³-hybridized carbons (Fsp3) is 0.500. The minimum Gasteiger partial charge on any atom is -0.375 e. The zero-order valence-electron chi connectivity index (χ0n) is 12.5. The van der Waals surface area contributed by atoms with Crippen molar-refractivity contribution in [3.8, 4) is 0 Å². The first-order valence-electron chi connectivity index (χ1n) is 6.79. The molecule has 1 aromatic rings. The van der Waals surface area contributed by atoms with Crippen LogP contribution >= 0.6 is 12.4 Å². The molecule has 0 aromatic heterocycles. The molecule has 1 amide bonds. The van der Waals surface area contributed by atoms with E-state index in [0.29, 0.717) is 19.7 Å². The van der Waals surface area contributed by atoms with Gasteiger partial charge in [0.15, 0.2) is 9.84 Å². The van der Waals surface area contributed by atoms with Crippen LogP contribution < -0.4 is 10.6 Å². The van der Waals surface area contributed by atoms with Gasteiger partial charge in [0.1, 0.15) is 6.04 Å². The second-order valence-electron chi connectivity index (χ2n) is 5.14. The number of carbonyl (C=O) groups is 1. The van der Waals surface area contributed by atoms with E-state index in [9.17, 15) is 13.2 Å². The molecule has 8 heteroatoms. The van der Waals surface area contributed by atoms with Crippen LogP contribution in [0, 0.1) is 0 Å². The number of nitrogens with one attached hydrogen (secondary N) is 2. The van der Waals surface area contributed by atoms with Gasteiger partial charge in [0.05, 0.1) is 17.6 Å². The van der Waals surface area contributed by atoms with Crippen molar-refractivity contribution in [3.05, 3.63) is 29.8 Å². The van der Waals surface area contributed by atoms with E-state index in [1.165, 1.54) is 6.26 Å². The molecule has 0 aliphatic carbocycles. The summed E-state index contributed by atoms with van der Waals surface area (Å²) in [5.74, 6) is -0.116. The number of carbonyl (C=O) groups excluding carboxylic acids is 1. The van der Waals surface area contributed by atoms with Crippen molar-refractivity contribution in [2.24, 2.45) is 0 Å². The molecule has 2 N–H and O–H groups in total. The predicted molar refractivity (Wildman–Crippen MR) is 85.9 cm³/mol. The first-order valence-corrected chi connectivity index (χ1v) is 8.69. The lowest BCUT2D eigenvalue weighted by Gasteiger charge is -2.29. The lowest BCUT2D eigenvalue weighted by atomic mass is 10.1. The van der Waals surface area contributed by atoms with E-state index in [2.05, 4.69) is 10.6 Å². The summed E-state index contributed by atoms with van der Waals surface area (Å²) in [7, 11) is -3.19. The van der Waals surface area contributed by atoms with Crippen molar-refractivity contribution < 1.29 is 17.9 Å². The molecule has 0 bridgehead atoms. The second kappa shape index (κ2) is 7.92. The van der Waals surface area contributed by atoms with E-state index in [4.69, 9.17) is 4.74 Å². The molecule has 1 aliphatic heterocycles. The van der Waals surface area contributed by atoms with E-state index in [1.807, 2.05) is 6.92 Å². The Labute approximate surface area is 136 Å². The summed E-state index contributed by atoms with van der Waals surface area (Å²) in [6.07, 6.45) is 1.01. The summed E-state index contributed by atoms with van der Waals surface area (Å²) in [6, 6.07) is 6.13. The molecule has 2 rings (SSSR count). The second-order valence-corrected chi connectivity index (χ2v) is 7.16. The largest absolute Gasteiger partial charge is 0.375 e. The average Bonchev–Trinajstić information content (AvgIpc) is 2.45. The number of sulfone groups is 1. The van der Waals surface area contributed by atoms with E-state index in [0.717, 1.165) is 5.56 Å². The summed E-state index contributed by atoms with van der Waals surface area (Å²) in [6.45, 7) is 3.48. The third kappa shape index (κ3) is 4.95. The summed E-state index contributed by atoms with van der Waals surface area (Å²) in [4.78, 5) is 12.3. The lowest BCUT2D eigenvalue weighted by molar-refractivity contribution is -0.129. The number of hydrogen-bond donors (Lipinski definition) is 2. The summed E-state index contributed by atoms with van der Waals surface area (Å²) < 4.78 is 28.1. The van der Waals surface area contributed by atoms with Gasteiger partial charge in [-0.1, -0.05) is 12.1 Å². The summed E-state index contributed by atoms with van der Waals surface area (Å²) in [5, 5.41) is 5.94. The highest BCUT2D eigenvalue weighted by Crippen LogP contribution is 2.10. The number of amides is 1. The van der Waals surface area contributed by atoms with Gasteiger partial charge in [0.25, 0.3) is 0 Å². The van der Waals surface area contributed by atoms with Crippen molar-refractivity contribution in [3.63, 3.8) is 0 Å². The van der Waals surface area contributed by atoms with Gasteiger partial charge in [-0.3, -0.25) is 4.79 Å². The average molecular weight is 349 g/mol. The molecule has 1 heterocycles. The SMILES string of the molecule is C[C@H]1OCCN[C@@H]1C(=O)NCc1ccc(S(C)(=O)=O)cc1.Cl. The minimum absolute atomic E-state index is 0. The molecule has 124 valence electrons. The van der Waals surface area contributed by atoms with Crippen LogP contribution in [0.3, 0.4) is 0 Å². The maximum atomic E-state index is 12.1. The van der Waals surface area contributed by atoms with Crippen LogP contribution in [0.1, 0.15) is 12.5 Å². The van der Waals surface area contributed by atoms with Gasteiger partial charge in [-0.15, -0.1) is 12.4 Å². The van der Waals surface area contributed by atoms with E-state index >= 15 is 0 Å². The van der Waals surface area contributed by atoms with Crippen molar-refractivity contribution in [2.75, 3.05) is 19.4 Å². The van der Waals surface area contributed by atoms with Gasteiger partial charge in [0.2, 0.25) is 5.91 Å². The summed E-state index contributed by atoms with van der Waals surface area (Å²) in [5.41, 5.74) is 0.847. The quantitative estimate of drug-likeness (QED) is 0.828. The van der Waals surface area contributed by atoms with Gasteiger partial charge in [-0.25, -0.2) is 8.42 Å². The van der Waals surface area contributed by atoms with Crippen molar-refractivity contribution in [1.82, 2.24) is 10.6 Å². The fourth-order valence-corrected chi connectivity index (χ4v) is 2.81. The Morgan fingerprint density at radius 3 is 2.55 bits per heavy atom. The first-order chi connectivity index (χ1) is 9.88. The van der Waals surface area contributed by atoms with Crippen LogP contribution in [0.4, 0.5) is 0 Å². The molecule has 6 nitrogen and oxygen atoms in total. The molecule has 22 heavy (non-hydrogen) atoms. The standard InChI is InChI=1S/C14H20N2O4S.ClH/c1-10-13(15-7-8-20-10)14(17)16-9-11-3-5-12(6-4-11)21(2,18)19;/h3-6,10,13,15H,7-9H2,1-2H3,(H,16,17);1H/t10-,13+;/m1./s1. The first kappa shape index (κ1) is 18.9. The number of ether oxygens (including phenoxy) is 1. The highest BCUT2D eigenvalue weighted by molar-refractivity contribution is 7.90. The predicted octanol–water partition coefficient (Wildman–Crippen LogP) is 0.505. The minimum atomic E-state index is -3.19. The van der Waals surface area contributed by atoms with E-state index in [1.54, 1.807) is 24.3 Å². The number of benzene rings is 1. The zero-order chi connectivity index (χ0) is 15.5. The van der Waals surface area contributed by atoms with Crippen LogP contribution in [0.25, 0.3) is 0 Å². The third-order valence-electron chi connectivity index (χ3n) is 3.42. The third-order valence-corrected chi connectivity index (χ3v) is 4.55. The number of hydrogen-bond acceptors (Lipinski definition) is 5. The van der Waals surface area contributed by atoms with Gasteiger partial charge in [-0.05, 0) is 24.6 Å². The molecular formula is C14H21ClN2O4S. The Bertz CT molecular complexity index is 604. The van der Waals surface area contributed by atoms with Crippen molar-refractivity contribution in [2.45, 2.75) is 30.5 Å². The molecular weight excluding hydrogens is 328 g/mol. The molecule has 0 spiro atoms. The maximum absolute atomic E-state index is 12.1. The van der Waals surface area contributed by atoms with Crippen molar-refractivity contribution in [1.29, 1.82) is 0 Å². The Morgan fingerprint density at radius 2 is 2.00 bits per heavy atom. The maximum Gasteiger partial charge on any atom is 0.240 e. The van der Waals surface area contributed by atoms with Crippen LogP contribution in [-0.2, 0) is 25.9 Å². The number of rotatable bonds is 4. The number of halogens is 1. The monoisotopic (exact) mass is 348 g/mol. The van der Waals surface area contributed by atoms with Crippen LogP contribution in [0.15, 0.2) is 29.2 Å². The molecule has 1 aliphatic rings. The zero-order valence-corrected chi connectivity index (χ0v) is 14.2. The normalized spacial score (nSPS) is 21.7. The van der Waals surface area contributed by atoms with Gasteiger partial charge in [-0.2, -0.15) is 0 Å². The van der Waals surface area contributed by atoms with Crippen molar-refractivity contribution >= 4 is 28.2 Å². The molecule has 1 saturated heterocycles. The van der Waals surface area contributed by atoms with Gasteiger partial charge < -0.3 is 15.4 Å². The Hall–Kier alpha value is -1.15. The van der Waals surface area contributed by atoms with Gasteiger partial charge in [0, 0.05) is 19.3 Å². The molecule has 0 unspecified atom stereocenters. The smallest absolute Gasteiger partial charge is 0.240 e. The molecule has 0 radical (unpaired) electrons. The van der Waals surface area contributed by atoms with Crippen LogP contribution in [-0.4, -0.2) is 45.9 Å². The Balaban J connectivity index is 0.00000242. The molecule has 1 fully saturated rings. The lowest BCUT2D eigenvalue weighted by Crippen LogP contribution is -2.55. The van der Waals surface area contributed by atoms with E-state index in [-0.39, 0.29) is 35.4 Å². The topological polar surface area (TPSA) is 84.5 Å². The highest BCUT2D eigenvalue weighted by Gasteiger charge is 2.27. The van der Waals surface area contributed by atoms with Crippen LogP contribution in [0.5, 0.6) is 0 Å². The Morgan fingerprint density at radius 1 is 1.36 bits per heavy atom. The molecule has 0 saturated carbocycles. The summed E-state index contributed by atoms with van der Waals surface area (Å²) >= 11 is 0. The van der Waals surface area contributed by atoms with Gasteiger partial charge >= 0.3 is 0 Å². The molecule has 2 atom stereocenters. The highest BCUT2D eigenvalue weighted by atomic mass is 35.5.